The standard InChI is InChI=1S/C16H17N3O4/c1-10-4-7-15(23-3)14(8-10)18-16(20)12-9-11(19(21)22)5-6-13(12)17-2/h4-9,17H,1-3H3,(H,18,20). The zero-order valence-electron chi connectivity index (χ0n) is 13.0. The molecule has 0 aromatic heterocycles. The number of carbonyl (C=O) groups excluding carboxylic acids is 1. The Morgan fingerprint density at radius 3 is 2.52 bits per heavy atom. The first-order valence-electron chi connectivity index (χ1n) is 6.88. The average molecular weight is 315 g/mol. The molecule has 7 heteroatoms. The minimum atomic E-state index is -0.538. The smallest absolute Gasteiger partial charge is 0.270 e. The highest BCUT2D eigenvalue weighted by Gasteiger charge is 2.17. The molecule has 0 bridgehead atoms. The van der Waals surface area contributed by atoms with E-state index in [1.165, 1.54) is 25.3 Å². The van der Waals surface area contributed by atoms with Crippen molar-refractivity contribution in [3.8, 4) is 5.75 Å². The van der Waals surface area contributed by atoms with Crippen molar-refractivity contribution in [2.24, 2.45) is 0 Å². The largest absolute Gasteiger partial charge is 0.495 e. The summed E-state index contributed by atoms with van der Waals surface area (Å²) < 4.78 is 5.22. The second-order valence-electron chi connectivity index (χ2n) is 4.89. The van der Waals surface area contributed by atoms with Crippen LogP contribution in [0.5, 0.6) is 5.75 Å². The number of amides is 1. The van der Waals surface area contributed by atoms with Gasteiger partial charge in [-0.05, 0) is 30.7 Å². The van der Waals surface area contributed by atoms with Crippen LogP contribution < -0.4 is 15.4 Å². The van der Waals surface area contributed by atoms with Crippen LogP contribution >= 0.6 is 0 Å². The van der Waals surface area contributed by atoms with E-state index in [4.69, 9.17) is 4.74 Å². The zero-order chi connectivity index (χ0) is 17.0. The van der Waals surface area contributed by atoms with Crippen LogP contribution in [0.3, 0.4) is 0 Å². The fourth-order valence-electron chi connectivity index (χ4n) is 2.16. The molecule has 0 aliphatic heterocycles. The van der Waals surface area contributed by atoms with Gasteiger partial charge in [-0.3, -0.25) is 14.9 Å². The van der Waals surface area contributed by atoms with Crippen molar-refractivity contribution in [1.29, 1.82) is 0 Å². The monoisotopic (exact) mass is 315 g/mol. The normalized spacial score (nSPS) is 10.0. The maximum absolute atomic E-state index is 12.5. The van der Waals surface area contributed by atoms with Gasteiger partial charge in [0.2, 0.25) is 0 Å². The second-order valence-corrected chi connectivity index (χ2v) is 4.89. The van der Waals surface area contributed by atoms with E-state index in [0.29, 0.717) is 17.1 Å². The van der Waals surface area contributed by atoms with Crippen molar-refractivity contribution < 1.29 is 14.5 Å². The van der Waals surface area contributed by atoms with Gasteiger partial charge < -0.3 is 15.4 Å². The summed E-state index contributed by atoms with van der Waals surface area (Å²) in [5, 5.41) is 16.5. The molecule has 0 saturated carbocycles. The number of methoxy groups -OCH3 is 1. The van der Waals surface area contributed by atoms with Gasteiger partial charge in [0.25, 0.3) is 11.6 Å². The van der Waals surface area contributed by atoms with E-state index >= 15 is 0 Å². The van der Waals surface area contributed by atoms with Crippen LogP contribution in [0.1, 0.15) is 15.9 Å². The molecule has 0 fully saturated rings. The third kappa shape index (κ3) is 3.57. The van der Waals surface area contributed by atoms with Crippen LogP contribution in [-0.2, 0) is 0 Å². The number of non-ortho nitro benzene ring substituents is 1. The van der Waals surface area contributed by atoms with Crippen molar-refractivity contribution in [1.82, 2.24) is 0 Å². The Bertz CT molecular complexity index is 759. The third-order valence-corrected chi connectivity index (χ3v) is 3.33. The summed E-state index contributed by atoms with van der Waals surface area (Å²) in [7, 11) is 3.15. The maximum atomic E-state index is 12.5. The predicted octanol–water partition coefficient (Wildman–Crippen LogP) is 3.21. The molecule has 120 valence electrons. The fourth-order valence-corrected chi connectivity index (χ4v) is 2.16. The molecule has 0 heterocycles. The molecule has 1 amide bonds. The number of carbonyl (C=O) groups is 1. The molecular formula is C16H17N3O4. The molecule has 0 radical (unpaired) electrons. The molecule has 23 heavy (non-hydrogen) atoms. The quantitative estimate of drug-likeness (QED) is 0.653. The number of nitrogens with zero attached hydrogens (tertiary/aromatic N) is 1. The highest BCUT2D eigenvalue weighted by Crippen LogP contribution is 2.28. The number of nitro benzene ring substituents is 1. The van der Waals surface area contributed by atoms with Crippen LogP contribution in [0, 0.1) is 17.0 Å². The number of hydrogen-bond donors (Lipinski definition) is 2. The van der Waals surface area contributed by atoms with Crippen molar-refractivity contribution in [3.63, 3.8) is 0 Å². The molecule has 0 aliphatic carbocycles. The Morgan fingerprint density at radius 1 is 1.17 bits per heavy atom. The molecule has 0 atom stereocenters. The molecule has 2 aromatic carbocycles. The first-order valence-corrected chi connectivity index (χ1v) is 6.88. The van der Waals surface area contributed by atoms with Gasteiger partial charge in [0, 0.05) is 24.9 Å². The number of rotatable bonds is 5. The van der Waals surface area contributed by atoms with Crippen molar-refractivity contribution in [2.45, 2.75) is 6.92 Å². The van der Waals surface area contributed by atoms with Crippen LogP contribution in [-0.4, -0.2) is 25.0 Å². The van der Waals surface area contributed by atoms with Crippen molar-refractivity contribution >= 4 is 23.0 Å². The Hall–Kier alpha value is -3.09. The molecular weight excluding hydrogens is 298 g/mol. The Morgan fingerprint density at radius 2 is 1.91 bits per heavy atom. The number of nitro groups is 1. The highest BCUT2D eigenvalue weighted by atomic mass is 16.6. The van der Waals surface area contributed by atoms with E-state index < -0.39 is 10.8 Å². The highest BCUT2D eigenvalue weighted by molar-refractivity contribution is 6.09. The summed E-state index contributed by atoms with van der Waals surface area (Å²) in [4.78, 5) is 22.9. The van der Waals surface area contributed by atoms with Gasteiger partial charge in [0.15, 0.2) is 0 Å². The lowest BCUT2D eigenvalue weighted by atomic mass is 10.1. The first-order chi connectivity index (χ1) is 11.0. The van der Waals surface area contributed by atoms with E-state index in [-0.39, 0.29) is 11.3 Å². The van der Waals surface area contributed by atoms with Gasteiger partial charge in [0.1, 0.15) is 5.75 Å². The zero-order valence-corrected chi connectivity index (χ0v) is 13.0. The first kappa shape index (κ1) is 16.3. The summed E-state index contributed by atoms with van der Waals surface area (Å²) in [6, 6.07) is 9.46. The van der Waals surface area contributed by atoms with Gasteiger partial charge in [-0.1, -0.05) is 6.07 Å². The number of ether oxygens (including phenoxy) is 1. The molecule has 0 spiro atoms. The van der Waals surface area contributed by atoms with Crippen LogP contribution in [0.25, 0.3) is 0 Å². The number of aryl methyl sites for hydroxylation is 1. The number of nitrogens with one attached hydrogen (secondary N) is 2. The topological polar surface area (TPSA) is 93.5 Å². The van der Waals surface area contributed by atoms with Crippen LogP contribution in [0.2, 0.25) is 0 Å². The van der Waals surface area contributed by atoms with Gasteiger partial charge in [-0.15, -0.1) is 0 Å². The lowest BCUT2D eigenvalue weighted by Crippen LogP contribution is -2.15. The van der Waals surface area contributed by atoms with E-state index in [0.717, 1.165) is 5.56 Å². The van der Waals surface area contributed by atoms with E-state index in [2.05, 4.69) is 10.6 Å². The van der Waals surface area contributed by atoms with Gasteiger partial charge in [-0.25, -0.2) is 0 Å². The minimum absolute atomic E-state index is 0.148. The molecule has 2 N–H and O–H groups in total. The molecule has 0 saturated heterocycles. The van der Waals surface area contributed by atoms with Crippen LogP contribution in [0.15, 0.2) is 36.4 Å². The second kappa shape index (κ2) is 6.78. The van der Waals surface area contributed by atoms with E-state index in [1.807, 2.05) is 13.0 Å². The number of benzene rings is 2. The Labute approximate surface area is 133 Å². The summed E-state index contributed by atoms with van der Waals surface area (Å²) in [5.41, 5.74) is 2.00. The number of hydrogen-bond acceptors (Lipinski definition) is 5. The lowest BCUT2D eigenvalue weighted by Gasteiger charge is -2.13. The van der Waals surface area contributed by atoms with Crippen molar-refractivity contribution in [3.05, 3.63) is 57.6 Å². The van der Waals surface area contributed by atoms with Crippen molar-refractivity contribution in [2.75, 3.05) is 24.8 Å². The molecule has 2 rings (SSSR count). The fraction of sp³-hybridized carbons (Fsp3) is 0.188. The Balaban J connectivity index is 2.39. The van der Waals surface area contributed by atoms with Gasteiger partial charge in [-0.2, -0.15) is 0 Å². The summed E-state index contributed by atoms with van der Waals surface area (Å²) in [5.74, 6) is 0.0577. The van der Waals surface area contributed by atoms with Gasteiger partial charge in [0.05, 0.1) is 23.3 Å². The summed E-state index contributed by atoms with van der Waals surface area (Å²) >= 11 is 0. The van der Waals surface area contributed by atoms with E-state index in [9.17, 15) is 14.9 Å². The summed E-state index contributed by atoms with van der Waals surface area (Å²) in [6.07, 6.45) is 0. The van der Waals surface area contributed by atoms with Gasteiger partial charge >= 0.3 is 0 Å². The Kier molecular flexibility index (Phi) is 4.80. The maximum Gasteiger partial charge on any atom is 0.270 e. The lowest BCUT2D eigenvalue weighted by molar-refractivity contribution is -0.384. The molecule has 7 nitrogen and oxygen atoms in total. The summed E-state index contributed by atoms with van der Waals surface area (Å²) in [6.45, 7) is 1.89. The molecule has 0 aliphatic rings. The predicted molar refractivity (Wildman–Crippen MR) is 88.3 cm³/mol. The third-order valence-electron chi connectivity index (χ3n) is 3.33. The SMILES string of the molecule is CNc1ccc([N+](=O)[O-])cc1C(=O)Nc1cc(C)ccc1OC. The molecule has 0 unspecified atom stereocenters. The minimum Gasteiger partial charge on any atom is -0.495 e. The van der Waals surface area contributed by atoms with Crippen LogP contribution in [0.4, 0.5) is 17.1 Å². The van der Waals surface area contributed by atoms with E-state index in [1.54, 1.807) is 19.2 Å². The average Bonchev–Trinajstić information content (AvgIpc) is 2.54. The number of anilines is 2. The molecule has 2 aromatic rings.